The number of pyridine rings is 1. The lowest BCUT2D eigenvalue weighted by Crippen LogP contribution is -2.13. The summed E-state index contributed by atoms with van der Waals surface area (Å²) in [6.45, 7) is 3.89. The normalized spacial score (nSPS) is 11.1. The van der Waals surface area contributed by atoms with Crippen molar-refractivity contribution in [2.45, 2.75) is 13.5 Å². The van der Waals surface area contributed by atoms with E-state index in [1.54, 1.807) is 0 Å². The van der Waals surface area contributed by atoms with Crippen LogP contribution in [0.5, 0.6) is 0 Å². The van der Waals surface area contributed by atoms with Crippen molar-refractivity contribution in [2.75, 3.05) is 26.0 Å². The Bertz CT molecular complexity index is 506. The highest BCUT2D eigenvalue weighted by molar-refractivity contribution is 5.81. The fourth-order valence-corrected chi connectivity index (χ4v) is 1.94. The van der Waals surface area contributed by atoms with Crippen LogP contribution >= 0.6 is 0 Å². The maximum absolute atomic E-state index is 4.68. The second-order valence-electron chi connectivity index (χ2n) is 4.46. The Morgan fingerprint density at radius 2 is 2.00 bits per heavy atom. The first kappa shape index (κ1) is 11.9. The molecule has 90 valence electrons. The number of rotatable bonds is 4. The first-order chi connectivity index (χ1) is 8.20. The summed E-state index contributed by atoms with van der Waals surface area (Å²) >= 11 is 0. The Balaban J connectivity index is 2.49. The van der Waals surface area contributed by atoms with E-state index in [1.807, 2.05) is 6.07 Å². The molecule has 0 saturated heterocycles. The molecule has 17 heavy (non-hydrogen) atoms. The number of nitrogens with one attached hydrogen (secondary N) is 1. The summed E-state index contributed by atoms with van der Waals surface area (Å²) in [5.41, 5.74) is 2.29. The monoisotopic (exact) mass is 229 g/mol. The highest BCUT2D eigenvalue weighted by Gasteiger charge is 2.06. The van der Waals surface area contributed by atoms with E-state index < -0.39 is 0 Å². The highest BCUT2D eigenvalue weighted by atomic mass is 15.1. The zero-order valence-electron chi connectivity index (χ0n) is 10.7. The standard InChI is InChI=1S/C14H19N3/c1-4-15-14-12(10-17(2)3)9-11-7-5-6-8-13(11)16-14/h5-9H,4,10H2,1-3H3,(H,15,16). The maximum Gasteiger partial charge on any atom is 0.131 e. The second kappa shape index (κ2) is 5.15. The number of aromatic nitrogens is 1. The predicted molar refractivity (Wildman–Crippen MR) is 73.3 cm³/mol. The zero-order valence-corrected chi connectivity index (χ0v) is 10.7. The molecule has 0 saturated carbocycles. The van der Waals surface area contributed by atoms with E-state index in [1.165, 1.54) is 10.9 Å². The molecule has 1 aromatic heterocycles. The number of hydrogen-bond donors (Lipinski definition) is 1. The molecule has 1 heterocycles. The molecule has 1 N–H and O–H groups in total. The molecule has 3 heteroatoms. The Morgan fingerprint density at radius 3 is 2.71 bits per heavy atom. The van der Waals surface area contributed by atoms with Gasteiger partial charge in [0.15, 0.2) is 0 Å². The van der Waals surface area contributed by atoms with Gasteiger partial charge in [-0.25, -0.2) is 4.98 Å². The molecular formula is C14H19N3. The van der Waals surface area contributed by atoms with Crippen molar-refractivity contribution in [2.24, 2.45) is 0 Å². The van der Waals surface area contributed by atoms with E-state index >= 15 is 0 Å². The Kier molecular flexibility index (Phi) is 3.59. The lowest BCUT2D eigenvalue weighted by Gasteiger charge is -2.15. The van der Waals surface area contributed by atoms with Crippen molar-refractivity contribution in [3.63, 3.8) is 0 Å². The van der Waals surface area contributed by atoms with Crippen LogP contribution in [0.3, 0.4) is 0 Å². The third-order valence-electron chi connectivity index (χ3n) is 2.63. The summed E-state index contributed by atoms with van der Waals surface area (Å²) in [6, 6.07) is 10.5. The van der Waals surface area contributed by atoms with Gasteiger partial charge in [-0.1, -0.05) is 18.2 Å². The van der Waals surface area contributed by atoms with Gasteiger partial charge in [-0.3, -0.25) is 0 Å². The molecule has 0 aliphatic rings. The van der Waals surface area contributed by atoms with E-state index in [0.29, 0.717) is 0 Å². The summed E-state index contributed by atoms with van der Waals surface area (Å²) in [7, 11) is 4.15. The number of nitrogens with zero attached hydrogens (tertiary/aromatic N) is 2. The van der Waals surface area contributed by atoms with Crippen LogP contribution < -0.4 is 5.32 Å². The molecule has 0 aliphatic heterocycles. The quantitative estimate of drug-likeness (QED) is 0.873. The molecule has 0 aliphatic carbocycles. The van der Waals surface area contributed by atoms with Crippen LogP contribution in [0.2, 0.25) is 0 Å². The Morgan fingerprint density at radius 1 is 1.24 bits per heavy atom. The molecular weight excluding hydrogens is 210 g/mol. The van der Waals surface area contributed by atoms with E-state index in [2.05, 4.69) is 60.5 Å². The molecule has 1 aromatic carbocycles. The fraction of sp³-hybridized carbons (Fsp3) is 0.357. The number of anilines is 1. The summed E-state index contributed by atoms with van der Waals surface area (Å²) in [6.07, 6.45) is 0. The van der Waals surface area contributed by atoms with Crippen molar-refractivity contribution in [1.29, 1.82) is 0 Å². The number of benzene rings is 1. The van der Waals surface area contributed by atoms with E-state index in [9.17, 15) is 0 Å². The lowest BCUT2D eigenvalue weighted by molar-refractivity contribution is 0.403. The number of para-hydroxylation sites is 1. The SMILES string of the molecule is CCNc1nc2ccccc2cc1CN(C)C. The topological polar surface area (TPSA) is 28.2 Å². The largest absolute Gasteiger partial charge is 0.370 e. The fourth-order valence-electron chi connectivity index (χ4n) is 1.94. The molecule has 0 fully saturated rings. The molecule has 0 bridgehead atoms. The van der Waals surface area contributed by atoms with Gasteiger partial charge in [0.25, 0.3) is 0 Å². The summed E-state index contributed by atoms with van der Waals surface area (Å²) in [5, 5.41) is 4.54. The van der Waals surface area contributed by atoms with Gasteiger partial charge in [0.1, 0.15) is 5.82 Å². The summed E-state index contributed by atoms with van der Waals surface area (Å²) < 4.78 is 0. The Hall–Kier alpha value is -1.61. The Labute approximate surface area is 102 Å². The van der Waals surface area contributed by atoms with Crippen molar-refractivity contribution in [3.05, 3.63) is 35.9 Å². The molecule has 0 radical (unpaired) electrons. The molecule has 2 aromatic rings. The van der Waals surface area contributed by atoms with Crippen LogP contribution in [0.15, 0.2) is 30.3 Å². The van der Waals surface area contributed by atoms with Crippen LogP contribution in [-0.4, -0.2) is 30.5 Å². The van der Waals surface area contributed by atoms with Gasteiger partial charge >= 0.3 is 0 Å². The predicted octanol–water partition coefficient (Wildman–Crippen LogP) is 2.73. The molecule has 0 unspecified atom stereocenters. The van der Waals surface area contributed by atoms with Crippen molar-refractivity contribution >= 4 is 16.7 Å². The van der Waals surface area contributed by atoms with Gasteiger partial charge < -0.3 is 10.2 Å². The number of fused-ring (bicyclic) bond motifs is 1. The van der Waals surface area contributed by atoms with Crippen LogP contribution in [0.25, 0.3) is 10.9 Å². The van der Waals surface area contributed by atoms with Gasteiger partial charge in [-0.05, 0) is 33.2 Å². The third-order valence-corrected chi connectivity index (χ3v) is 2.63. The minimum atomic E-state index is 0.895. The van der Waals surface area contributed by atoms with E-state index in [-0.39, 0.29) is 0 Å². The van der Waals surface area contributed by atoms with Gasteiger partial charge in [0.2, 0.25) is 0 Å². The van der Waals surface area contributed by atoms with Crippen LogP contribution in [-0.2, 0) is 6.54 Å². The number of hydrogen-bond acceptors (Lipinski definition) is 3. The second-order valence-corrected chi connectivity index (χ2v) is 4.46. The highest BCUT2D eigenvalue weighted by Crippen LogP contribution is 2.21. The van der Waals surface area contributed by atoms with Gasteiger partial charge in [0.05, 0.1) is 5.52 Å². The van der Waals surface area contributed by atoms with Crippen molar-refractivity contribution in [3.8, 4) is 0 Å². The van der Waals surface area contributed by atoms with Gasteiger partial charge in [-0.15, -0.1) is 0 Å². The van der Waals surface area contributed by atoms with E-state index in [0.717, 1.165) is 24.4 Å². The smallest absolute Gasteiger partial charge is 0.131 e. The first-order valence-corrected chi connectivity index (χ1v) is 5.98. The van der Waals surface area contributed by atoms with Gasteiger partial charge in [-0.2, -0.15) is 0 Å². The zero-order chi connectivity index (χ0) is 12.3. The average molecular weight is 229 g/mol. The molecule has 0 atom stereocenters. The minimum Gasteiger partial charge on any atom is -0.370 e. The first-order valence-electron chi connectivity index (χ1n) is 5.98. The molecule has 0 spiro atoms. The van der Waals surface area contributed by atoms with Crippen LogP contribution in [0, 0.1) is 0 Å². The molecule has 2 rings (SSSR count). The van der Waals surface area contributed by atoms with Crippen LogP contribution in [0.1, 0.15) is 12.5 Å². The van der Waals surface area contributed by atoms with Crippen molar-refractivity contribution in [1.82, 2.24) is 9.88 Å². The van der Waals surface area contributed by atoms with Gasteiger partial charge in [0, 0.05) is 24.0 Å². The molecule has 0 amide bonds. The minimum absolute atomic E-state index is 0.895. The third kappa shape index (κ3) is 2.74. The molecule has 3 nitrogen and oxygen atoms in total. The lowest BCUT2D eigenvalue weighted by atomic mass is 10.1. The van der Waals surface area contributed by atoms with Crippen molar-refractivity contribution < 1.29 is 0 Å². The average Bonchev–Trinajstić information content (AvgIpc) is 2.29. The summed E-state index contributed by atoms with van der Waals surface area (Å²) in [5.74, 6) is 1.000. The summed E-state index contributed by atoms with van der Waals surface area (Å²) in [4.78, 5) is 6.84. The van der Waals surface area contributed by atoms with E-state index in [4.69, 9.17) is 0 Å². The van der Waals surface area contributed by atoms with Crippen LogP contribution in [0.4, 0.5) is 5.82 Å². The maximum atomic E-state index is 4.68.